The number of pyridine rings is 1. The zero-order valence-corrected chi connectivity index (χ0v) is 16.5. The Morgan fingerprint density at radius 3 is 2.33 bits per heavy atom. The van der Waals surface area contributed by atoms with Gasteiger partial charge >= 0.3 is 0 Å². The summed E-state index contributed by atoms with van der Waals surface area (Å²) in [6.07, 6.45) is 1.44. The van der Waals surface area contributed by atoms with Gasteiger partial charge in [0.25, 0.3) is 11.5 Å². The lowest BCUT2D eigenvalue weighted by Crippen LogP contribution is -2.45. The van der Waals surface area contributed by atoms with E-state index in [-0.39, 0.29) is 11.5 Å². The first-order valence-corrected chi connectivity index (χ1v) is 9.47. The van der Waals surface area contributed by atoms with Crippen LogP contribution in [0, 0.1) is 0 Å². The van der Waals surface area contributed by atoms with Crippen LogP contribution in [0.25, 0.3) is 10.9 Å². The third-order valence-electron chi connectivity index (χ3n) is 5.36. The summed E-state index contributed by atoms with van der Waals surface area (Å²) in [5.41, 5.74) is 1.40. The minimum absolute atomic E-state index is 0.205. The monoisotopic (exact) mass is 382 g/mol. The fraction of sp³-hybridized carbons (Fsp3) is 0.273. The first-order valence-electron chi connectivity index (χ1n) is 9.09. The van der Waals surface area contributed by atoms with Crippen molar-refractivity contribution in [3.63, 3.8) is 0 Å². The number of carbonyl (C=O) groups excluding carboxylic acids is 1. The Morgan fingerprint density at radius 2 is 1.70 bits per heavy atom. The van der Waals surface area contributed by atoms with Crippen molar-refractivity contribution in [2.45, 2.75) is 32.2 Å². The van der Waals surface area contributed by atoms with E-state index >= 15 is 0 Å². The standard InChI is InChI=1S/C22H23ClN2O2/c1-4-22(5-2,15-10-12-16(23)13-11-15)24-21(27)18-14-20(26)25(3)19-9-7-6-8-17(18)19/h6-14H,4-5H2,1-3H3,(H,24,27). The van der Waals surface area contributed by atoms with Crippen molar-refractivity contribution < 1.29 is 4.79 Å². The van der Waals surface area contributed by atoms with Crippen molar-refractivity contribution >= 4 is 28.4 Å². The van der Waals surface area contributed by atoms with Gasteiger partial charge in [-0.2, -0.15) is 0 Å². The molecule has 0 aliphatic carbocycles. The minimum Gasteiger partial charge on any atom is -0.343 e. The smallest absolute Gasteiger partial charge is 0.252 e. The van der Waals surface area contributed by atoms with Gasteiger partial charge in [0.15, 0.2) is 0 Å². The predicted octanol–water partition coefficient (Wildman–Crippen LogP) is 4.64. The topological polar surface area (TPSA) is 51.1 Å². The predicted molar refractivity (Wildman–Crippen MR) is 110 cm³/mol. The SMILES string of the molecule is CCC(CC)(NC(=O)c1cc(=O)n(C)c2ccccc12)c1ccc(Cl)cc1. The third kappa shape index (κ3) is 3.50. The zero-order valence-electron chi connectivity index (χ0n) is 15.8. The van der Waals surface area contributed by atoms with Crippen LogP contribution in [0.3, 0.4) is 0 Å². The second kappa shape index (κ2) is 7.57. The van der Waals surface area contributed by atoms with E-state index in [9.17, 15) is 9.59 Å². The van der Waals surface area contributed by atoms with Gasteiger partial charge in [-0.15, -0.1) is 0 Å². The Bertz CT molecular complexity index is 1030. The Morgan fingerprint density at radius 1 is 1.07 bits per heavy atom. The molecule has 0 spiro atoms. The third-order valence-corrected chi connectivity index (χ3v) is 5.61. The second-order valence-electron chi connectivity index (χ2n) is 6.72. The number of carbonyl (C=O) groups is 1. The molecule has 0 aliphatic rings. The molecular formula is C22H23ClN2O2. The molecule has 3 aromatic rings. The molecule has 4 nitrogen and oxygen atoms in total. The molecule has 0 bridgehead atoms. The average molecular weight is 383 g/mol. The minimum atomic E-state index is -0.524. The highest BCUT2D eigenvalue weighted by atomic mass is 35.5. The fourth-order valence-corrected chi connectivity index (χ4v) is 3.69. The molecule has 140 valence electrons. The fourth-order valence-electron chi connectivity index (χ4n) is 3.56. The summed E-state index contributed by atoms with van der Waals surface area (Å²) in [7, 11) is 1.71. The molecule has 1 heterocycles. The van der Waals surface area contributed by atoms with E-state index in [1.54, 1.807) is 11.6 Å². The summed E-state index contributed by atoms with van der Waals surface area (Å²) in [6, 6.07) is 16.4. The van der Waals surface area contributed by atoms with Crippen molar-refractivity contribution in [1.29, 1.82) is 0 Å². The number of aryl methyl sites for hydroxylation is 1. The number of para-hydroxylation sites is 1. The van der Waals surface area contributed by atoms with E-state index in [0.29, 0.717) is 10.6 Å². The van der Waals surface area contributed by atoms with E-state index < -0.39 is 5.54 Å². The van der Waals surface area contributed by atoms with Crippen LogP contribution < -0.4 is 10.9 Å². The van der Waals surface area contributed by atoms with Gasteiger partial charge in [0.1, 0.15) is 0 Å². The number of benzene rings is 2. The summed E-state index contributed by atoms with van der Waals surface area (Å²) in [5.74, 6) is -0.248. The van der Waals surface area contributed by atoms with Crippen LogP contribution in [0.15, 0.2) is 59.4 Å². The lowest BCUT2D eigenvalue weighted by Gasteiger charge is -2.34. The summed E-state index contributed by atoms with van der Waals surface area (Å²) in [4.78, 5) is 25.5. The van der Waals surface area contributed by atoms with Crippen molar-refractivity contribution in [2.75, 3.05) is 0 Å². The van der Waals surface area contributed by atoms with E-state index in [1.165, 1.54) is 6.07 Å². The first-order chi connectivity index (χ1) is 12.9. The van der Waals surface area contributed by atoms with Gasteiger partial charge in [0.2, 0.25) is 0 Å². The first kappa shape index (κ1) is 19.2. The molecule has 1 N–H and O–H groups in total. The molecule has 27 heavy (non-hydrogen) atoms. The molecule has 0 atom stereocenters. The number of hydrogen-bond acceptors (Lipinski definition) is 2. The Hall–Kier alpha value is -2.59. The van der Waals surface area contributed by atoms with Gasteiger partial charge in [-0.05, 0) is 36.6 Å². The van der Waals surface area contributed by atoms with Crippen LogP contribution in [0.5, 0.6) is 0 Å². The molecule has 0 saturated heterocycles. The Balaban J connectivity index is 2.08. The van der Waals surface area contributed by atoms with Gasteiger partial charge in [0.05, 0.1) is 16.6 Å². The molecule has 0 fully saturated rings. The van der Waals surface area contributed by atoms with Crippen LogP contribution >= 0.6 is 11.6 Å². The number of nitrogens with zero attached hydrogens (tertiary/aromatic N) is 1. The number of fused-ring (bicyclic) bond motifs is 1. The maximum absolute atomic E-state index is 13.2. The van der Waals surface area contributed by atoms with Gasteiger partial charge in [-0.3, -0.25) is 9.59 Å². The maximum Gasteiger partial charge on any atom is 0.252 e. The second-order valence-corrected chi connectivity index (χ2v) is 7.16. The van der Waals surface area contributed by atoms with Crippen molar-refractivity contribution in [3.05, 3.63) is 81.1 Å². The molecule has 5 heteroatoms. The summed E-state index contributed by atoms with van der Waals surface area (Å²) >= 11 is 6.02. The molecule has 0 aliphatic heterocycles. The van der Waals surface area contributed by atoms with E-state index in [1.807, 2.05) is 62.4 Å². The normalized spacial score (nSPS) is 11.6. The number of nitrogens with one attached hydrogen (secondary N) is 1. The molecule has 0 saturated carbocycles. The lowest BCUT2D eigenvalue weighted by atomic mass is 9.84. The number of hydrogen-bond donors (Lipinski definition) is 1. The summed E-state index contributed by atoms with van der Waals surface area (Å²) in [6.45, 7) is 4.08. The van der Waals surface area contributed by atoms with Crippen LogP contribution in [-0.2, 0) is 12.6 Å². The molecule has 1 aromatic heterocycles. The number of aromatic nitrogens is 1. The van der Waals surface area contributed by atoms with E-state index in [4.69, 9.17) is 11.6 Å². The van der Waals surface area contributed by atoms with Crippen LogP contribution in [0.4, 0.5) is 0 Å². The number of amides is 1. The van der Waals surface area contributed by atoms with Gasteiger partial charge in [-0.25, -0.2) is 0 Å². The quantitative estimate of drug-likeness (QED) is 0.699. The van der Waals surface area contributed by atoms with Crippen molar-refractivity contribution in [2.24, 2.45) is 7.05 Å². The molecule has 2 aromatic carbocycles. The lowest BCUT2D eigenvalue weighted by molar-refractivity contribution is 0.0891. The molecule has 1 amide bonds. The molecule has 0 radical (unpaired) electrons. The van der Waals surface area contributed by atoms with Gasteiger partial charge in [0, 0.05) is 23.5 Å². The summed E-state index contributed by atoms with van der Waals surface area (Å²) < 4.78 is 1.55. The molecule has 3 rings (SSSR count). The van der Waals surface area contributed by atoms with Gasteiger partial charge in [-0.1, -0.05) is 55.8 Å². The summed E-state index contributed by atoms with van der Waals surface area (Å²) in [5, 5.41) is 4.61. The van der Waals surface area contributed by atoms with Gasteiger partial charge < -0.3 is 9.88 Å². The van der Waals surface area contributed by atoms with E-state index in [0.717, 1.165) is 29.3 Å². The average Bonchev–Trinajstić information content (AvgIpc) is 2.69. The zero-order chi connectivity index (χ0) is 19.6. The Kier molecular flexibility index (Phi) is 5.38. The molecule has 0 unspecified atom stereocenters. The van der Waals surface area contributed by atoms with Crippen LogP contribution in [-0.4, -0.2) is 10.5 Å². The number of rotatable bonds is 5. The van der Waals surface area contributed by atoms with Crippen molar-refractivity contribution in [3.8, 4) is 0 Å². The number of halogens is 1. The highest BCUT2D eigenvalue weighted by molar-refractivity contribution is 6.30. The van der Waals surface area contributed by atoms with Crippen LogP contribution in [0.2, 0.25) is 5.02 Å². The maximum atomic E-state index is 13.2. The molecular weight excluding hydrogens is 360 g/mol. The largest absolute Gasteiger partial charge is 0.343 e. The highest BCUT2D eigenvalue weighted by Crippen LogP contribution is 2.30. The van der Waals surface area contributed by atoms with Crippen molar-refractivity contribution in [1.82, 2.24) is 9.88 Å². The highest BCUT2D eigenvalue weighted by Gasteiger charge is 2.31. The van der Waals surface area contributed by atoms with E-state index in [2.05, 4.69) is 5.32 Å². The van der Waals surface area contributed by atoms with Crippen LogP contribution in [0.1, 0.15) is 42.6 Å². The Labute approximate surface area is 163 Å².